The molecule has 122 valence electrons. The first-order valence-corrected chi connectivity index (χ1v) is 6.51. The van der Waals surface area contributed by atoms with Crippen molar-refractivity contribution in [1.82, 2.24) is 9.80 Å². The van der Waals surface area contributed by atoms with Gasteiger partial charge >= 0.3 is 6.61 Å². The molecule has 8 heteroatoms. The third-order valence-electron chi connectivity index (χ3n) is 2.68. The Labute approximate surface area is 127 Å². The second-order valence-electron chi connectivity index (χ2n) is 4.91. The van der Waals surface area contributed by atoms with Gasteiger partial charge in [-0.2, -0.15) is 8.78 Å². The van der Waals surface area contributed by atoms with E-state index in [9.17, 15) is 18.4 Å². The number of carbonyl (C=O) groups is 2. The average Bonchev–Trinajstić information content (AvgIpc) is 2.39. The summed E-state index contributed by atoms with van der Waals surface area (Å²) in [4.78, 5) is 26.3. The lowest BCUT2D eigenvalue weighted by atomic mass is 10.3. The molecule has 0 radical (unpaired) electrons. The number of likely N-dealkylation sites (N-methyl/N-ethyl adjacent to an activating group) is 2. The highest BCUT2D eigenvalue weighted by Gasteiger charge is 2.12. The molecule has 0 aliphatic rings. The van der Waals surface area contributed by atoms with Gasteiger partial charge in [0.15, 0.2) is 0 Å². The number of nitrogens with one attached hydrogen (secondary N) is 1. The van der Waals surface area contributed by atoms with E-state index in [2.05, 4.69) is 10.1 Å². The Hall–Kier alpha value is -2.22. The highest BCUT2D eigenvalue weighted by atomic mass is 19.3. The van der Waals surface area contributed by atoms with E-state index >= 15 is 0 Å². The predicted octanol–water partition coefficient (Wildman–Crippen LogP) is 1.25. The highest BCUT2D eigenvalue weighted by molar-refractivity contribution is 5.92. The monoisotopic (exact) mass is 315 g/mol. The largest absolute Gasteiger partial charge is 0.435 e. The molecule has 0 unspecified atom stereocenters. The van der Waals surface area contributed by atoms with Crippen LogP contribution in [0.1, 0.15) is 0 Å². The zero-order valence-corrected chi connectivity index (χ0v) is 12.7. The molecule has 1 aromatic carbocycles. The molecule has 0 aliphatic heterocycles. The molecule has 6 nitrogen and oxygen atoms in total. The summed E-state index contributed by atoms with van der Waals surface area (Å²) in [6.07, 6.45) is 0. The van der Waals surface area contributed by atoms with Gasteiger partial charge in [0, 0.05) is 19.8 Å². The molecule has 0 saturated heterocycles. The van der Waals surface area contributed by atoms with E-state index < -0.39 is 6.61 Å². The molecule has 0 bridgehead atoms. The third-order valence-corrected chi connectivity index (χ3v) is 2.68. The standard InChI is InChI=1S/C14H19F2N3O3/c1-18(2)13(21)9-19(3)8-12(20)17-10-4-6-11(7-5-10)22-14(15)16/h4-7,14H,8-9H2,1-3H3,(H,17,20). The minimum absolute atomic E-state index is 0.0155. The number of halogens is 2. The molecule has 0 heterocycles. The fourth-order valence-corrected chi connectivity index (χ4v) is 1.59. The lowest BCUT2D eigenvalue weighted by Crippen LogP contribution is -2.38. The molecular weight excluding hydrogens is 296 g/mol. The molecule has 0 spiro atoms. The summed E-state index contributed by atoms with van der Waals surface area (Å²) in [6.45, 7) is -2.72. The van der Waals surface area contributed by atoms with Gasteiger partial charge in [0.1, 0.15) is 5.75 Å². The summed E-state index contributed by atoms with van der Waals surface area (Å²) in [5.74, 6) is -0.401. The topological polar surface area (TPSA) is 61.9 Å². The van der Waals surface area contributed by atoms with Gasteiger partial charge in [0.05, 0.1) is 13.1 Å². The van der Waals surface area contributed by atoms with Crippen molar-refractivity contribution in [3.05, 3.63) is 24.3 Å². The zero-order chi connectivity index (χ0) is 16.7. The van der Waals surface area contributed by atoms with Gasteiger partial charge in [-0.3, -0.25) is 14.5 Å². The molecule has 1 aromatic rings. The Balaban J connectivity index is 2.46. The van der Waals surface area contributed by atoms with Crippen LogP contribution in [0.15, 0.2) is 24.3 Å². The van der Waals surface area contributed by atoms with Crippen molar-refractivity contribution in [1.29, 1.82) is 0 Å². The fourth-order valence-electron chi connectivity index (χ4n) is 1.59. The number of nitrogens with zero attached hydrogens (tertiary/aromatic N) is 2. The van der Waals surface area contributed by atoms with Crippen LogP contribution in [0.4, 0.5) is 14.5 Å². The summed E-state index contributed by atoms with van der Waals surface area (Å²) < 4.78 is 28.2. The zero-order valence-electron chi connectivity index (χ0n) is 12.7. The van der Waals surface area contributed by atoms with E-state index in [1.165, 1.54) is 29.2 Å². The van der Waals surface area contributed by atoms with E-state index in [4.69, 9.17) is 0 Å². The molecule has 2 amide bonds. The Kier molecular flexibility index (Phi) is 6.71. The number of hydrogen-bond donors (Lipinski definition) is 1. The molecule has 22 heavy (non-hydrogen) atoms. The van der Waals surface area contributed by atoms with Crippen molar-refractivity contribution >= 4 is 17.5 Å². The maximum absolute atomic E-state index is 12.0. The minimum Gasteiger partial charge on any atom is -0.435 e. The summed E-state index contributed by atoms with van der Waals surface area (Å²) >= 11 is 0. The molecule has 0 aliphatic carbocycles. The Bertz CT molecular complexity index is 507. The van der Waals surface area contributed by atoms with Gasteiger partial charge in [-0.15, -0.1) is 0 Å². The van der Waals surface area contributed by atoms with E-state index in [0.717, 1.165) is 0 Å². The molecule has 1 N–H and O–H groups in total. The first-order chi connectivity index (χ1) is 10.3. The van der Waals surface area contributed by atoms with Crippen molar-refractivity contribution in [3.8, 4) is 5.75 Å². The van der Waals surface area contributed by atoms with Crippen molar-refractivity contribution in [2.45, 2.75) is 6.61 Å². The quantitative estimate of drug-likeness (QED) is 0.822. The van der Waals surface area contributed by atoms with Gasteiger partial charge in [0.2, 0.25) is 11.8 Å². The maximum Gasteiger partial charge on any atom is 0.387 e. The van der Waals surface area contributed by atoms with Crippen LogP contribution in [0.5, 0.6) is 5.75 Å². The number of anilines is 1. The first kappa shape index (κ1) is 17.8. The van der Waals surface area contributed by atoms with Crippen molar-refractivity contribution < 1.29 is 23.1 Å². The first-order valence-electron chi connectivity index (χ1n) is 6.51. The van der Waals surface area contributed by atoms with E-state index in [0.29, 0.717) is 5.69 Å². The molecule has 1 rings (SSSR count). The number of ether oxygens (including phenoxy) is 1. The smallest absolute Gasteiger partial charge is 0.387 e. The lowest BCUT2D eigenvalue weighted by molar-refractivity contribution is -0.130. The summed E-state index contributed by atoms with van der Waals surface area (Å²) in [5.41, 5.74) is 0.457. The second kappa shape index (κ2) is 8.28. The van der Waals surface area contributed by atoms with Gasteiger partial charge in [0.25, 0.3) is 0 Å². The van der Waals surface area contributed by atoms with E-state index in [1.54, 1.807) is 26.0 Å². The highest BCUT2D eigenvalue weighted by Crippen LogP contribution is 2.17. The summed E-state index contributed by atoms with van der Waals surface area (Å²) in [7, 11) is 4.93. The average molecular weight is 315 g/mol. The number of rotatable bonds is 7. The number of carbonyl (C=O) groups excluding carboxylic acids is 2. The molecule has 0 aromatic heterocycles. The third kappa shape index (κ3) is 6.49. The van der Waals surface area contributed by atoms with Crippen LogP contribution in [0.25, 0.3) is 0 Å². The van der Waals surface area contributed by atoms with E-state index in [-0.39, 0.29) is 30.7 Å². The van der Waals surface area contributed by atoms with Gasteiger partial charge in [-0.25, -0.2) is 0 Å². The number of benzene rings is 1. The van der Waals surface area contributed by atoms with Gasteiger partial charge < -0.3 is 15.0 Å². The number of alkyl halides is 2. The van der Waals surface area contributed by atoms with Crippen LogP contribution in [0.3, 0.4) is 0 Å². The van der Waals surface area contributed by atoms with Crippen LogP contribution in [-0.4, -0.2) is 62.5 Å². The summed E-state index contributed by atoms with van der Waals surface area (Å²) in [6, 6.07) is 5.59. The second-order valence-corrected chi connectivity index (χ2v) is 4.91. The molecule has 0 atom stereocenters. The van der Waals surface area contributed by atoms with Gasteiger partial charge in [-0.05, 0) is 31.3 Å². The SMILES string of the molecule is CN(CC(=O)Nc1ccc(OC(F)F)cc1)CC(=O)N(C)C. The Morgan fingerprint density at radius 2 is 1.73 bits per heavy atom. The molecule has 0 fully saturated rings. The number of hydrogen-bond acceptors (Lipinski definition) is 4. The van der Waals surface area contributed by atoms with Crippen molar-refractivity contribution in [2.24, 2.45) is 0 Å². The van der Waals surface area contributed by atoms with Crippen LogP contribution >= 0.6 is 0 Å². The number of amides is 2. The van der Waals surface area contributed by atoms with Crippen LogP contribution in [0, 0.1) is 0 Å². The normalized spacial score (nSPS) is 10.7. The fraction of sp³-hybridized carbons (Fsp3) is 0.429. The van der Waals surface area contributed by atoms with Crippen LogP contribution in [-0.2, 0) is 9.59 Å². The van der Waals surface area contributed by atoms with Crippen molar-refractivity contribution in [2.75, 3.05) is 39.5 Å². The van der Waals surface area contributed by atoms with Crippen LogP contribution < -0.4 is 10.1 Å². The molecular formula is C14H19F2N3O3. The van der Waals surface area contributed by atoms with Crippen LogP contribution in [0.2, 0.25) is 0 Å². The predicted molar refractivity (Wildman–Crippen MR) is 77.9 cm³/mol. The van der Waals surface area contributed by atoms with E-state index in [1.807, 2.05) is 0 Å². The van der Waals surface area contributed by atoms with Crippen molar-refractivity contribution in [3.63, 3.8) is 0 Å². The summed E-state index contributed by atoms with van der Waals surface area (Å²) in [5, 5.41) is 2.61. The Morgan fingerprint density at radius 3 is 2.23 bits per heavy atom. The Morgan fingerprint density at radius 1 is 1.14 bits per heavy atom. The lowest BCUT2D eigenvalue weighted by Gasteiger charge is -2.18. The molecule has 0 saturated carbocycles. The maximum atomic E-state index is 12.0. The minimum atomic E-state index is -2.89. The van der Waals surface area contributed by atoms with Gasteiger partial charge in [-0.1, -0.05) is 0 Å².